The van der Waals surface area contributed by atoms with Gasteiger partial charge in [0.1, 0.15) is 45.8 Å². The van der Waals surface area contributed by atoms with Gasteiger partial charge in [-0.05, 0) is 48.9 Å². The maximum Gasteiger partial charge on any atom is 0.281 e. The van der Waals surface area contributed by atoms with Crippen molar-refractivity contribution in [1.29, 1.82) is 0 Å². The number of para-hydroxylation sites is 1. The van der Waals surface area contributed by atoms with Gasteiger partial charge in [-0.15, -0.1) is 0 Å². The number of thioether (sulfide) groups is 1. The van der Waals surface area contributed by atoms with Gasteiger partial charge in [0.05, 0.1) is 14.2 Å². The number of hydrazone groups is 1. The van der Waals surface area contributed by atoms with Gasteiger partial charge in [0, 0.05) is 28.8 Å². The second-order valence-corrected chi connectivity index (χ2v) is 10.5. The number of rotatable bonds is 9. The Bertz CT molecular complexity index is 1710. The fraction of sp³-hybridized carbons (Fsp3) is 0.156. The molecular formula is C32H25F3N2O5S. The predicted molar refractivity (Wildman–Crippen MR) is 156 cm³/mol. The molecule has 1 unspecified atom stereocenters. The molecule has 0 bridgehead atoms. The molecule has 43 heavy (non-hydrogen) atoms. The van der Waals surface area contributed by atoms with Crippen LogP contribution in [0.25, 0.3) is 0 Å². The summed E-state index contributed by atoms with van der Waals surface area (Å²) in [4.78, 5) is 25.5. The van der Waals surface area contributed by atoms with Gasteiger partial charge in [-0.1, -0.05) is 42.1 Å². The van der Waals surface area contributed by atoms with Crippen LogP contribution in [0, 0.1) is 17.5 Å². The number of carbonyl (C=O) groups excluding carboxylic acids is 2. The number of methoxy groups -OCH3 is 2. The molecular weight excluding hydrogens is 581 g/mol. The largest absolute Gasteiger partial charge is 0.497 e. The summed E-state index contributed by atoms with van der Waals surface area (Å²) in [6, 6.07) is 19.4. The summed E-state index contributed by atoms with van der Waals surface area (Å²) < 4.78 is 60.4. The highest BCUT2D eigenvalue weighted by Gasteiger charge is 2.39. The SMILES string of the molecule is COc1cc(F)c(C(=O)N2N=C(c3ccc(F)cc3)SC2c2cccc(OCc3cccc(C(C)=O)c3)c2OC)c(F)c1. The Hall–Kier alpha value is -4.77. The molecule has 0 N–H and O–H groups in total. The van der Waals surface area contributed by atoms with Gasteiger partial charge >= 0.3 is 0 Å². The smallest absolute Gasteiger partial charge is 0.281 e. The molecule has 7 nitrogen and oxygen atoms in total. The quantitative estimate of drug-likeness (QED) is 0.188. The molecule has 0 saturated carbocycles. The van der Waals surface area contributed by atoms with E-state index in [1.807, 2.05) is 6.07 Å². The van der Waals surface area contributed by atoms with Crippen LogP contribution >= 0.6 is 11.8 Å². The van der Waals surface area contributed by atoms with E-state index in [0.29, 0.717) is 27.5 Å². The molecule has 0 aromatic heterocycles. The van der Waals surface area contributed by atoms with E-state index in [0.717, 1.165) is 34.5 Å². The lowest BCUT2D eigenvalue weighted by Gasteiger charge is -2.24. The summed E-state index contributed by atoms with van der Waals surface area (Å²) in [6.45, 7) is 1.59. The van der Waals surface area contributed by atoms with Crippen LogP contribution in [0.4, 0.5) is 13.2 Å². The number of hydrogen-bond donors (Lipinski definition) is 0. The molecule has 1 heterocycles. The van der Waals surface area contributed by atoms with E-state index in [2.05, 4.69) is 5.10 Å². The van der Waals surface area contributed by atoms with E-state index in [1.165, 1.54) is 45.4 Å². The van der Waals surface area contributed by atoms with Gasteiger partial charge < -0.3 is 14.2 Å². The van der Waals surface area contributed by atoms with Crippen molar-refractivity contribution in [2.75, 3.05) is 14.2 Å². The predicted octanol–water partition coefficient (Wildman–Crippen LogP) is 7.15. The Morgan fingerprint density at radius 2 is 1.60 bits per heavy atom. The minimum atomic E-state index is -1.12. The minimum absolute atomic E-state index is 0.0777. The highest BCUT2D eigenvalue weighted by molar-refractivity contribution is 8.14. The third kappa shape index (κ3) is 6.21. The van der Waals surface area contributed by atoms with E-state index >= 15 is 8.78 Å². The van der Waals surface area contributed by atoms with Crippen LogP contribution < -0.4 is 14.2 Å². The molecule has 0 radical (unpaired) electrons. The first kappa shape index (κ1) is 29.7. The van der Waals surface area contributed by atoms with Crippen molar-refractivity contribution >= 4 is 28.5 Å². The summed E-state index contributed by atoms with van der Waals surface area (Å²) in [5.74, 6) is -3.30. The van der Waals surface area contributed by atoms with E-state index in [-0.39, 0.29) is 23.9 Å². The first-order chi connectivity index (χ1) is 20.7. The number of halogens is 3. The zero-order valence-electron chi connectivity index (χ0n) is 23.3. The Balaban J connectivity index is 1.53. The van der Waals surface area contributed by atoms with E-state index in [9.17, 15) is 14.0 Å². The van der Waals surface area contributed by atoms with Crippen LogP contribution in [0.1, 0.15) is 49.7 Å². The highest BCUT2D eigenvalue weighted by Crippen LogP contribution is 2.48. The van der Waals surface area contributed by atoms with E-state index in [1.54, 1.807) is 36.4 Å². The molecule has 0 spiro atoms. The second kappa shape index (κ2) is 12.6. The summed E-state index contributed by atoms with van der Waals surface area (Å²) in [6.07, 6.45) is 0. The van der Waals surface area contributed by atoms with Gasteiger partial charge in [0.2, 0.25) is 0 Å². The molecule has 1 atom stereocenters. The lowest BCUT2D eigenvalue weighted by Crippen LogP contribution is -2.28. The first-order valence-corrected chi connectivity index (χ1v) is 13.9. The summed E-state index contributed by atoms with van der Waals surface area (Å²) in [5, 5.41) is 4.77. The van der Waals surface area contributed by atoms with Gasteiger partial charge in [-0.3, -0.25) is 9.59 Å². The third-order valence-corrected chi connectivity index (χ3v) is 7.83. The van der Waals surface area contributed by atoms with Crippen LogP contribution in [-0.4, -0.2) is 36.0 Å². The monoisotopic (exact) mass is 606 g/mol. The number of benzene rings is 4. The van der Waals surface area contributed by atoms with Crippen LogP contribution in [-0.2, 0) is 6.61 Å². The zero-order chi connectivity index (χ0) is 30.7. The van der Waals surface area contributed by atoms with Crippen LogP contribution in [0.2, 0.25) is 0 Å². The van der Waals surface area contributed by atoms with Gasteiger partial charge in [-0.25, -0.2) is 18.2 Å². The second-order valence-electron chi connectivity index (χ2n) is 9.42. The molecule has 1 aliphatic heterocycles. The third-order valence-electron chi connectivity index (χ3n) is 6.62. The molecule has 220 valence electrons. The number of ketones is 1. The van der Waals surface area contributed by atoms with Crippen LogP contribution in [0.5, 0.6) is 17.2 Å². The van der Waals surface area contributed by atoms with Crippen molar-refractivity contribution < 1.29 is 37.0 Å². The molecule has 1 amide bonds. The maximum absolute atomic E-state index is 15.0. The number of amides is 1. The van der Waals surface area contributed by atoms with E-state index < -0.39 is 34.3 Å². The van der Waals surface area contributed by atoms with Gasteiger partial charge in [0.15, 0.2) is 17.3 Å². The standard InChI is InChI=1S/C32H25F3N2O5S/c1-18(38)21-7-4-6-19(14-21)17-42-27-9-5-8-24(29(27)41-3)32-37(36-30(43-32)20-10-12-22(33)13-11-20)31(39)28-25(34)15-23(40-2)16-26(28)35/h4-16,32H,17H2,1-3H3. The molecule has 5 rings (SSSR count). The molecule has 1 aliphatic rings. The number of hydrogen-bond acceptors (Lipinski definition) is 7. The molecule has 0 saturated heterocycles. The first-order valence-electron chi connectivity index (χ1n) is 13.0. The van der Waals surface area contributed by atoms with Crippen LogP contribution in [0.3, 0.4) is 0 Å². The summed E-state index contributed by atoms with van der Waals surface area (Å²) in [7, 11) is 2.68. The Labute approximate surface area is 249 Å². The molecule has 11 heteroatoms. The summed E-state index contributed by atoms with van der Waals surface area (Å²) >= 11 is 1.12. The van der Waals surface area contributed by atoms with Crippen molar-refractivity contribution in [3.8, 4) is 17.2 Å². The fourth-order valence-corrected chi connectivity index (χ4v) is 5.66. The van der Waals surface area contributed by atoms with Crippen molar-refractivity contribution in [3.05, 3.63) is 124 Å². The lowest BCUT2D eigenvalue weighted by molar-refractivity contribution is 0.0737. The number of Topliss-reactive ketones (excluding diaryl/α,β-unsaturated/α-hetero) is 1. The average molecular weight is 607 g/mol. The average Bonchev–Trinajstić information content (AvgIpc) is 3.45. The molecule has 4 aromatic rings. The molecule has 0 fully saturated rings. The highest BCUT2D eigenvalue weighted by atomic mass is 32.2. The van der Waals surface area contributed by atoms with Crippen molar-refractivity contribution in [3.63, 3.8) is 0 Å². The maximum atomic E-state index is 15.0. The van der Waals surface area contributed by atoms with Gasteiger partial charge in [-0.2, -0.15) is 5.10 Å². The number of ether oxygens (including phenoxy) is 3. The molecule has 4 aromatic carbocycles. The summed E-state index contributed by atoms with van der Waals surface area (Å²) in [5.41, 5.74) is 1.42. The van der Waals surface area contributed by atoms with Crippen molar-refractivity contribution in [2.24, 2.45) is 5.10 Å². The normalized spacial score (nSPS) is 14.3. The van der Waals surface area contributed by atoms with Crippen LogP contribution in [0.15, 0.2) is 84.0 Å². The molecule has 0 aliphatic carbocycles. The zero-order valence-corrected chi connectivity index (χ0v) is 24.1. The topological polar surface area (TPSA) is 77.4 Å². The minimum Gasteiger partial charge on any atom is -0.497 e. The van der Waals surface area contributed by atoms with E-state index in [4.69, 9.17) is 14.2 Å². The van der Waals surface area contributed by atoms with Gasteiger partial charge in [0.25, 0.3) is 5.91 Å². The number of carbonyl (C=O) groups is 2. The Morgan fingerprint density at radius 3 is 2.26 bits per heavy atom. The Kier molecular flexibility index (Phi) is 8.72. The lowest BCUT2D eigenvalue weighted by atomic mass is 10.1. The van der Waals surface area contributed by atoms with Crippen molar-refractivity contribution in [1.82, 2.24) is 5.01 Å². The fourth-order valence-electron chi connectivity index (χ4n) is 4.48. The van der Waals surface area contributed by atoms with Crippen molar-refractivity contribution in [2.45, 2.75) is 18.9 Å². The Morgan fingerprint density at radius 1 is 0.907 bits per heavy atom. The number of nitrogens with zero attached hydrogens (tertiary/aromatic N) is 2.